The second-order valence-corrected chi connectivity index (χ2v) is 16.7. The van der Waals surface area contributed by atoms with E-state index in [2.05, 4.69) is 142 Å². The number of rotatable bonds is 45. The van der Waals surface area contributed by atoms with E-state index in [1.165, 1.54) is 64.2 Å². The zero-order valence-corrected chi connectivity index (χ0v) is 41.7. The fraction of sp³-hybridized carbons (Fsp3) is 0.610. The van der Waals surface area contributed by atoms with E-state index in [-0.39, 0.29) is 44.0 Å². The predicted octanol–water partition coefficient (Wildman–Crippen LogP) is 17.3. The van der Waals surface area contributed by atoms with Crippen LogP contribution in [-0.4, -0.2) is 37.2 Å². The van der Waals surface area contributed by atoms with Crippen LogP contribution in [0.3, 0.4) is 0 Å². The SMILES string of the molecule is CC/C=C\C/C=C\C/C=C\C/C=C\C/C=C\CCCC(=O)OCC(COC(=O)CCCCC/C=C\CCCCCCCC)OC(=O)CCC/C=C\C/C=C\C/C=C\C/C=C\CCCCC. The molecule has 0 aliphatic heterocycles. The molecule has 1 unspecified atom stereocenters. The Bertz CT molecular complexity index is 1400. The van der Waals surface area contributed by atoms with Crippen molar-refractivity contribution >= 4 is 17.9 Å². The molecule has 0 rings (SSSR count). The van der Waals surface area contributed by atoms with Crippen LogP contribution in [0.15, 0.2) is 122 Å². The third-order valence-corrected chi connectivity index (χ3v) is 10.4. The maximum atomic E-state index is 12.8. The van der Waals surface area contributed by atoms with E-state index in [0.29, 0.717) is 19.3 Å². The molecule has 0 amide bonds. The number of allylic oxidation sites excluding steroid dienone is 20. The Morgan fingerprint density at radius 2 is 0.615 bits per heavy atom. The van der Waals surface area contributed by atoms with Gasteiger partial charge in [-0.2, -0.15) is 0 Å². The van der Waals surface area contributed by atoms with E-state index >= 15 is 0 Å². The van der Waals surface area contributed by atoms with Crippen LogP contribution >= 0.6 is 0 Å². The average Bonchev–Trinajstić information content (AvgIpc) is 3.30. The molecule has 0 heterocycles. The van der Waals surface area contributed by atoms with E-state index in [9.17, 15) is 14.4 Å². The van der Waals surface area contributed by atoms with Gasteiger partial charge in [-0.25, -0.2) is 0 Å². The van der Waals surface area contributed by atoms with Crippen molar-refractivity contribution < 1.29 is 28.6 Å². The molecule has 0 saturated carbocycles. The highest BCUT2D eigenvalue weighted by molar-refractivity contribution is 5.71. The summed E-state index contributed by atoms with van der Waals surface area (Å²) in [6.45, 7) is 6.36. The Kier molecular flexibility index (Phi) is 49.1. The number of ether oxygens (including phenoxy) is 3. The van der Waals surface area contributed by atoms with Gasteiger partial charge in [0.1, 0.15) is 13.2 Å². The molecular formula is C59H94O6. The number of esters is 3. The molecule has 0 aliphatic carbocycles. The van der Waals surface area contributed by atoms with Crippen molar-refractivity contribution in [1.29, 1.82) is 0 Å². The quantitative estimate of drug-likeness (QED) is 0.0262. The van der Waals surface area contributed by atoms with E-state index in [1.807, 2.05) is 0 Å². The fourth-order valence-electron chi connectivity index (χ4n) is 6.52. The maximum Gasteiger partial charge on any atom is 0.306 e. The Morgan fingerprint density at radius 1 is 0.323 bits per heavy atom. The first kappa shape index (κ1) is 60.8. The molecule has 0 N–H and O–H groups in total. The van der Waals surface area contributed by atoms with Crippen LogP contribution in [0.4, 0.5) is 0 Å². The first-order valence-electron chi connectivity index (χ1n) is 26.0. The summed E-state index contributed by atoms with van der Waals surface area (Å²) in [6, 6.07) is 0. The molecule has 366 valence electrons. The molecule has 0 aliphatic rings. The van der Waals surface area contributed by atoms with Crippen molar-refractivity contribution in [2.45, 2.75) is 219 Å². The second-order valence-electron chi connectivity index (χ2n) is 16.7. The number of carbonyl (C=O) groups excluding carboxylic acids is 3. The zero-order chi connectivity index (χ0) is 47.2. The monoisotopic (exact) mass is 899 g/mol. The summed E-state index contributed by atoms with van der Waals surface area (Å²) in [7, 11) is 0. The minimum atomic E-state index is -0.838. The van der Waals surface area contributed by atoms with Crippen LogP contribution < -0.4 is 0 Å². The molecule has 1 atom stereocenters. The lowest BCUT2D eigenvalue weighted by atomic mass is 10.1. The van der Waals surface area contributed by atoms with Gasteiger partial charge in [0.25, 0.3) is 0 Å². The van der Waals surface area contributed by atoms with Gasteiger partial charge in [-0.3, -0.25) is 14.4 Å². The van der Waals surface area contributed by atoms with Gasteiger partial charge in [-0.05, 0) is 122 Å². The summed E-state index contributed by atoms with van der Waals surface area (Å²) < 4.78 is 16.7. The third-order valence-electron chi connectivity index (χ3n) is 10.4. The summed E-state index contributed by atoms with van der Waals surface area (Å²) in [5, 5.41) is 0. The highest BCUT2D eigenvalue weighted by atomic mass is 16.6. The maximum absolute atomic E-state index is 12.8. The van der Waals surface area contributed by atoms with Crippen LogP contribution in [0, 0.1) is 0 Å². The lowest BCUT2D eigenvalue weighted by Crippen LogP contribution is -2.30. The van der Waals surface area contributed by atoms with Gasteiger partial charge in [0.15, 0.2) is 6.10 Å². The summed E-state index contributed by atoms with van der Waals surface area (Å²) in [5.74, 6) is -1.07. The van der Waals surface area contributed by atoms with Gasteiger partial charge in [-0.15, -0.1) is 0 Å². The number of carbonyl (C=O) groups is 3. The van der Waals surface area contributed by atoms with Crippen LogP contribution in [0.5, 0.6) is 0 Å². The smallest absolute Gasteiger partial charge is 0.306 e. The van der Waals surface area contributed by atoms with Crippen molar-refractivity contribution in [3.8, 4) is 0 Å². The molecule has 0 fully saturated rings. The topological polar surface area (TPSA) is 78.9 Å². The van der Waals surface area contributed by atoms with Gasteiger partial charge in [0.05, 0.1) is 0 Å². The zero-order valence-electron chi connectivity index (χ0n) is 41.7. The Morgan fingerprint density at radius 3 is 1.05 bits per heavy atom. The summed E-state index contributed by atoms with van der Waals surface area (Å²) in [6.07, 6.45) is 71.9. The van der Waals surface area contributed by atoms with Crippen molar-refractivity contribution in [3.63, 3.8) is 0 Å². The highest BCUT2D eigenvalue weighted by Gasteiger charge is 2.19. The van der Waals surface area contributed by atoms with E-state index in [0.717, 1.165) is 96.3 Å². The largest absolute Gasteiger partial charge is 0.462 e. The molecule has 0 radical (unpaired) electrons. The molecule has 0 bridgehead atoms. The lowest BCUT2D eigenvalue weighted by molar-refractivity contribution is -0.167. The first-order chi connectivity index (χ1) is 32.0. The van der Waals surface area contributed by atoms with Crippen molar-refractivity contribution in [3.05, 3.63) is 122 Å². The van der Waals surface area contributed by atoms with Crippen molar-refractivity contribution in [2.75, 3.05) is 13.2 Å². The molecule has 0 aromatic carbocycles. The van der Waals surface area contributed by atoms with E-state index in [1.54, 1.807) is 0 Å². The normalized spacial score (nSPS) is 13.1. The van der Waals surface area contributed by atoms with E-state index in [4.69, 9.17) is 14.2 Å². The minimum Gasteiger partial charge on any atom is -0.462 e. The lowest BCUT2D eigenvalue weighted by Gasteiger charge is -2.18. The van der Waals surface area contributed by atoms with Crippen LogP contribution in [0.2, 0.25) is 0 Å². The highest BCUT2D eigenvalue weighted by Crippen LogP contribution is 2.11. The van der Waals surface area contributed by atoms with Crippen LogP contribution in [0.1, 0.15) is 213 Å². The molecule has 0 saturated heterocycles. The van der Waals surface area contributed by atoms with Gasteiger partial charge >= 0.3 is 17.9 Å². The molecule has 0 aromatic heterocycles. The van der Waals surface area contributed by atoms with Gasteiger partial charge in [0.2, 0.25) is 0 Å². The Labute approximate surface area is 399 Å². The average molecular weight is 899 g/mol. The number of unbranched alkanes of at least 4 members (excludes halogenated alkanes) is 14. The summed E-state index contributed by atoms with van der Waals surface area (Å²) >= 11 is 0. The molecule has 0 spiro atoms. The fourth-order valence-corrected chi connectivity index (χ4v) is 6.52. The Hall–Kier alpha value is -4.19. The summed E-state index contributed by atoms with van der Waals surface area (Å²) in [4.78, 5) is 38.0. The van der Waals surface area contributed by atoms with Gasteiger partial charge in [-0.1, -0.05) is 194 Å². The number of hydrogen-bond donors (Lipinski definition) is 0. The molecule has 65 heavy (non-hydrogen) atoms. The Balaban J connectivity index is 4.61. The predicted molar refractivity (Wildman–Crippen MR) is 279 cm³/mol. The molecule has 6 heteroatoms. The van der Waals surface area contributed by atoms with Crippen LogP contribution in [-0.2, 0) is 28.6 Å². The third kappa shape index (κ3) is 50.7. The molecule has 6 nitrogen and oxygen atoms in total. The minimum absolute atomic E-state index is 0.129. The van der Waals surface area contributed by atoms with Gasteiger partial charge in [0, 0.05) is 19.3 Å². The molecule has 0 aromatic rings. The van der Waals surface area contributed by atoms with Crippen molar-refractivity contribution in [2.24, 2.45) is 0 Å². The first-order valence-corrected chi connectivity index (χ1v) is 26.0. The summed E-state index contributed by atoms with van der Waals surface area (Å²) in [5.41, 5.74) is 0. The van der Waals surface area contributed by atoms with Crippen molar-refractivity contribution in [1.82, 2.24) is 0 Å². The second kappa shape index (κ2) is 52.4. The number of hydrogen-bond acceptors (Lipinski definition) is 6. The van der Waals surface area contributed by atoms with Gasteiger partial charge < -0.3 is 14.2 Å². The van der Waals surface area contributed by atoms with E-state index < -0.39 is 6.10 Å². The van der Waals surface area contributed by atoms with Crippen LogP contribution in [0.25, 0.3) is 0 Å². The standard InChI is InChI=1S/C59H94O6/c1-4-7-10-13-16-19-22-25-27-29-31-34-37-40-43-46-49-52-58(61)64-55-56(54-63-57(60)51-48-45-42-39-36-33-24-21-18-15-12-9-6-3)65-59(62)53-50-47-44-41-38-35-32-30-28-26-23-20-17-14-11-8-5-2/h7,10,16-17,19-20,25-28,31-36,40-41,43-44,56H,4-6,8-9,11-15,18,21-24,29-30,37-39,42,45-55H2,1-3H3/b10-7-,19-16-,20-17-,27-25-,28-26-,34-31-,35-32-,36-33-,43-40-,44-41-. The molecular weight excluding hydrogens is 805 g/mol.